The average Bonchev–Trinajstić information content (AvgIpc) is 3.48. The lowest BCUT2D eigenvalue weighted by Crippen LogP contribution is -2.39. The highest BCUT2D eigenvalue weighted by Gasteiger charge is 2.38. The van der Waals surface area contributed by atoms with E-state index in [9.17, 15) is 27.9 Å². The number of carbonyl (C=O) groups excluding carboxylic acids is 2. The van der Waals surface area contributed by atoms with Crippen LogP contribution in [0.1, 0.15) is 23.1 Å². The number of aromatic nitrogens is 2. The highest BCUT2D eigenvalue weighted by atomic mass is 35.5. The van der Waals surface area contributed by atoms with Gasteiger partial charge in [0.05, 0.1) is 34.8 Å². The van der Waals surface area contributed by atoms with Gasteiger partial charge in [-0.05, 0) is 59.7 Å². The van der Waals surface area contributed by atoms with E-state index in [4.69, 9.17) is 11.6 Å². The Balaban J connectivity index is 1.36. The molecule has 7 nitrogen and oxygen atoms in total. The lowest BCUT2D eigenvalue weighted by atomic mass is 10.1. The smallest absolute Gasteiger partial charge is 0.392 e. The van der Waals surface area contributed by atoms with E-state index in [0.29, 0.717) is 29.4 Å². The molecule has 5 rings (SSSR count). The van der Waals surface area contributed by atoms with Crippen LogP contribution in [0.15, 0.2) is 47.5 Å². The number of aliphatic hydroxyl groups is 1. The molecule has 0 radical (unpaired) electrons. The van der Waals surface area contributed by atoms with E-state index in [0.717, 1.165) is 17.8 Å². The Kier molecular flexibility index (Phi) is 6.58. The Labute approximate surface area is 212 Å². The molecule has 36 heavy (non-hydrogen) atoms. The highest BCUT2D eigenvalue weighted by molar-refractivity contribution is 8.18. The predicted octanol–water partition coefficient (Wildman–Crippen LogP) is 4.52. The molecule has 2 atom stereocenters. The van der Waals surface area contributed by atoms with Crippen LogP contribution in [0.4, 0.5) is 18.0 Å². The lowest BCUT2D eigenvalue weighted by molar-refractivity contribution is -0.138. The second-order valence-electron chi connectivity index (χ2n) is 8.71. The van der Waals surface area contributed by atoms with Crippen LogP contribution in [0.25, 0.3) is 17.0 Å². The van der Waals surface area contributed by atoms with Gasteiger partial charge in [-0.2, -0.15) is 18.3 Å². The van der Waals surface area contributed by atoms with Crippen LogP contribution in [0.2, 0.25) is 5.02 Å². The molecule has 0 bridgehead atoms. The molecule has 188 valence electrons. The Morgan fingerprint density at radius 1 is 1.22 bits per heavy atom. The number of β-amino-alcohol motifs (C(OH)–C–C–N with tert-alkyl or cyclic N) is 1. The molecule has 2 aliphatic heterocycles. The molecule has 2 amide bonds. The van der Waals surface area contributed by atoms with E-state index in [1.54, 1.807) is 30.5 Å². The number of amides is 2. The first-order valence-corrected chi connectivity index (χ1v) is 12.3. The summed E-state index contributed by atoms with van der Waals surface area (Å²) in [5.41, 5.74) is 0.505. The van der Waals surface area contributed by atoms with Gasteiger partial charge in [0.1, 0.15) is 0 Å². The van der Waals surface area contributed by atoms with Gasteiger partial charge in [-0.1, -0.05) is 23.7 Å². The van der Waals surface area contributed by atoms with Gasteiger partial charge in [-0.3, -0.25) is 19.2 Å². The van der Waals surface area contributed by atoms with E-state index in [1.807, 2.05) is 0 Å². The Morgan fingerprint density at radius 2 is 2.03 bits per heavy atom. The summed E-state index contributed by atoms with van der Waals surface area (Å²) in [6, 6.07) is 8.70. The third-order valence-electron chi connectivity index (χ3n) is 6.14. The van der Waals surface area contributed by atoms with Gasteiger partial charge in [0.15, 0.2) is 0 Å². The Hall–Kier alpha value is -2.86. The molecular formula is C24H20ClF3N4O3S. The third-order valence-corrected chi connectivity index (χ3v) is 7.28. The molecule has 0 aliphatic carbocycles. The molecule has 0 spiro atoms. The maximum atomic E-state index is 13.5. The molecule has 0 saturated carbocycles. The molecular weight excluding hydrogens is 517 g/mol. The van der Waals surface area contributed by atoms with E-state index >= 15 is 0 Å². The van der Waals surface area contributed by atoms with Gasteiger partial charge in [0.2, 0.25) is 0 Å². The van der Waals surface area contributed by atoms with Crippen LogP contribution in [-0.2, 0) is 17.5 Å². The van der Waals surface area contributed by atoms with Crippen LogP contribution in [0, 0.1) is 0 Å². The van der Waals surface area contributed by atoms with E-state index in [1.165, 1.54) is 21.7 Å². The predicted molar refractivity (Wildman–Crippen MR) is 130 cm³/mol. The number of benzene rings is 2. The highest BCUT2D eigenvalue weighted by Crippen LogP contribution is 2.35. The second kappa shape index (κ2) is 9.55. The number of hydrogen-bond acceptors (Lipinski definition) is 6. The number of alkyl halides is 3. The Bertz CT molecular complexity index is 1390. The van der Waals surface area contributed by atoms with Crippen molar-refractivity contribution in [2.45, 2.75) is 31.3 Å². The van der Waals surface area contributed by atoms with E-state index in [2.05, 4.69) is 10.4 Å². The minimum Gasteiger partial charge on any atom is -0.392 e. The van der Waals surface area contributed by atoms with Crippen molar-refractivity contribution in [2.75, 3.05) is 13.1 Å². The van der Waals surface area contributed by atoms with Crippen molar-refractivity contribution in [2.24, 2.45) is 0 Å². The first kappa shape index (κ1) is 24.8. The number of hydrogen-bond donors (Lipinski definition) is 2. The molecule has 2 aliphatic rings. The zero-order valence-corrected chi connectivity index (χ0v) is 20.2. The number of halogens is 4. The van der Waals surface area contributed by atoms with Crippen LogP contribution in [0.3, 0.4) is 0 Å². The SMILES string of the molecule is O=C1S/C(=C\c2ccc3c(cnn3Cc3ccc(Cl)cc3C(F)(F)F)c2)C(=O)N1C[C@@H]1C[C@@H](O)CN1. The maximum absolute atomic E-state index is 13.5. The molecule has 1 aromatic heterocycles. The van der Waals surface area contributed by atoms with Gasteiger partial charge in [0, 0.05) is 29.5 Å². The van der Waals surface area contributed by atoms with Crippen molar-refractivity contribution < 1.29 is 27.9 Å². The molecule has 3 heterocycles. The molecule has 2 fully saturated rings. The minimum atomic E-state index is -4.55. The van der Waals surface area contributed by atoms with Crippen molar-refractivity contribution in [3.8, 4) is 0 Å². The van der Waals surface area contributed by atoms with Gasteiger partial charge in [-0.15, -0.1) is 0 Å². The third kappa shape index (κ3) is 5.01. The fourth-order valence-corrected chi connectivity index (χ4v) is 5.42. The normalized spacial score (nSPS) is 21.9. The van der Waals surface area contributed by atoms with Crippen molar-refractivity contribution in [1.82, 2.24) is 20.0 Å². The van der Waals surface area contributed by atoms with Crippen molar-refractivity contribution in [3.05, 3.63) is 69.2 Å². The van der Waals surface area contributed by atoms with E-state index < -0.39 is 23.8 Å². The average molecular weight is 537 g/mol. The van der Waals surface area contributed by atoms with Crippen molar-refractivity contribution in [3.63, 3.8) is 0 Å². The number of fused-ring (bicyclic) bond motifs is 1. The summed E-state index contributed by atoms with van der Waals surface area (Å²) >= 11 is 6.62. The van der Waals surface area contributed by atoms with Crippen molar-refractivity contribution >= 4 is 51.5 Å². The lowest BCUT2D eigenvalue weighted by Gasteiger charge is -2.17. The largest absolute Gasteiger partial charge is 0.416 e. The quantitative estimate of drug-likeness (QED) is 0.466. The number of rotatable bonds is 5. The summed E-state index contributed by atoms with van der Waals surface area (Å²) in [6.45, 7) is 0.521. The molecule has 2 aromatic carbocycles. The summed E-state index contributed by atoms with van der Waals surface area (Å²) in [6.07, 6.45) is -1.41. The van der Waals surface area contributed by atoms with Gasteiger partial charge in [-0.25, -0.2) is 0 Å². The molecule has 3 aromatic rings. The maximum Gasteiger partial charge on any atom is 0.416 e. The van der Waals surface area contributed by atoms with Gasteiger partial charge in [0.25, 0.3) is 11.1 Å². The van der Waals surface area contributed by atoms with Crippen LogP contribution in [-0.4, -0.2) is 56.2 Å². The molecule has 2 saturated heterocycles. The second-order valence-corrected chi connectivity index (χ2v) is 10.1. The Morgan fingerprint density at radius 3 is 2.75 bits per heavy atom. The fraction of sp³-hybridized carbons (Fsp3) is 0.292. The van der Waals surface area contributed by atoms with Crippen LogP contribution < -0.4 is 5.32 Å². The first-order valence-electron chi connectivity index (χ1n) is 11.1. The van der Waals surface area contributed by atoms with Crippen LogP contribution in [0.5, 0.6) is 0 Å². The zero-order chi connectivity index (χ0) is 25.6. The summed E-state index contributed by atoms with van der Waals surface area (Å²) in [5, 5.41) is 17.3. The number of carbonyl (C=O) groups is 2. The standard InChI is InChI=1S/C24H20ClF3N4O3S/c25-16-3-2-14(19(7-16)24(26,27)28)11-32-20-4-1-13(5-15(20)9-30-32)6-21-22(34)31(23(35)36-21)12-17-8-18(33)10-29-17/h1-7,9,17-18,29,33H,8,10-12H2/b21-6-/t17-,18+/m0/s1. The molecule has 0 unspecified atom stereocenters. The number of nitrogens with zero attached hydrogens (tertiary/aromatic N) is 3. The van der Waals surface area contributed by atoms with Gasteiger partial charge < -0.3 is 10.4 Å². The van der Waals surface area contributed by atoms with Crippen molar-refractivity contribution in [1.29, 1.82) is 0 Å². The number of imide groups is 1. The topological polar surface area (TPSA) is 87.5 Å². The summed E-state index contributed by atoms with van der Waals surface area (Å²) < 4.78 is 41.9. The van der Waals surface area contributed by atoms with E-state index in [-0.39, 0.29) is 39.9 Å². The summed E-state index contributed by atoms with van der Waals surface area (Å²) in [7, 11) is 0. The summed E-state index contributed by atoms with van der Waals surface area (Å²) in [5.74, 6) is -0.397. The first-order chi connectivity index (χ1) is 17.1. The monoisotopic (exact) mass is 536 g/mol. The van der Waals surface area contributed by atoms with Gasteiger partial charge >= 0.3 is 6.18 Å². The summed E-state index contributed by atoms with van der Waals surface area (Å²) in [4.78, 5) is 26.7. The minimum absolute atomic E-state index is 0.00236. The van der Waals surface area contributed by atoms with Crippen LogP contribution >= 0.6 is 23.4 Å². The zero-order valence-electron chi connectivity index (χ0n) is 18.6. The number of thioether (sulfide) groups is 1. The molecule has 2 N–H and O–H groups in total. The number of aliphatic hydroxyl groups excluding tert-OH is 1. The fourth-order valence-electron chi connectivity index (χ4n) is 4.40. The number of nitrogens with one attached hydrogen (secondary N) is 1. The molecule has 12 heteroatoms.